The first-order valence-corrected chi connectivity index (χ1v) is 4.74. The monoisotopic (exact) mass is 170 g/mol. The summed E-state index contributed by atoms with van der Waals surface area (Å²) in [7, 11) is 0. The highest BCUT2D eigenvalue weighted by molar-refractivity contribution is 5.80. The van der Waals surface area contributed by atoms with E-state index in [4.69, 9.17) is 10.1 Å². The lowest BCUT2D eigenvalue weighted by Crippen LogP contribution is -2.30. The fraction of sp³-hybridized carbons (Fsp3) is 0.889. The molecule has 0 bridgehead atoms. The molecule has 70 valence electrons. The summed E-state index contributed by atoms with van der Waals surface area (Å²) < 4.78 is 5.29. The first-order valence-electron chi connectivity index (χ1n) is 4.74. The van der Waals surface area contributed by atoms with Gasteiger partial charge in [0.25, 0.3) is 0 Å². The molecule has 0 radical (unpaired) electrons. The second-order valence-corrected chi connectivity index (χ2v) is 3.19. The van der Waals surface area contributed by atoms with E-state index in [9.17, 15) is 0 Å². The summed E-state index contributed by atoms with van der Waals surface area (Å²) in [4.78, 5) is 2.11. The maximum Gasteiger partial charge on any atom is 0.122 e. The van der Waals surface area contributed by atoms with Gasteiger partial charge in [-0.2, -0.15) is 0 Å². The van der Waals surface area contributed by atoms with Crippen molar-refractivity contribution in [2.75, 3.05) is 26.3 Å². The molecule has 1 rings (SSSR count). The SMILES string of the molecule is CCCOCC(=N)N1CCCC1. The normalized spacial score (nSPS) is 16.9. The van der Waals surface area contributed by atoms with Crippen molar-refractivity contribution in [1.29, 1.82) is 5.41 Å². The molecule has 0 aromatic carbocycles. The fourth-order valence-electron chi connectivity index (χ4n) is 1.39. The predicted molar refractivity (Wildman–Crippen MR) is 49.6 cm³/mol. The Bertz CT molecular complexity index is 141. The van der Waals surface area contributed by atoms with E-state index in [1.807, 2.05) is 0 Å². The van der Waals surface area contributed by atoms with E-state index < -0.39 is 0 Å². The molecule has 3 nitrogen and oxygen atoms in total. The third kappa shape index (κ3) is 2.81. The quantitative estimate of drug-likeness (QED) is 0.394. The summed E-state index contributed by atoms with van der Waals surface area (Å²) in [6, 6.07) is 0. The van der Waals surface area contributed by atoms with E-state index in [2.05, 4.69) is 11.8 Å². The number of amidine groups is 1. The van der Waals surface area contributed by atoms with Gasteiger partial charge in [0.15, 0.2) is 0 Å². The molecule has 0 spiro atoms. The van der Waals surface area contributed by atoms with Gasteiger partial charge in [0.05, 0.1) is 0 Å². The number of hydrogen-bond donors (Lipinski definition) is 1. The van der Waals surface area contributed by atoms with Crippen LogP contribution in [-0.4, -0.2) is 37.0 Å². The van der Waals surface area contributed by atoms with Crippen molar-refractivity contribution in [1.82, 2.24) is 4.90 Å². The van der Waals surface area contributed by atoms with Gasteiger partial charge < -0.3 is 9.64 Å². The van der Waals surface area contributed by atoms with Crippen LogP contribution in [0.15, 0.2) is 0 Å². The van der Waals surface area contributed by atoms with Crippen molar-refractivity contribution < 1.29 is 4.74 Å². The van der Waals surface area contributed by atoms with Crippen LogP contribution in [0.25, 0.3) is 0 Å². The summed E-state index contributed by atoms with van der Waals surface area (Å²) in [5, 5.41) is 7.67. The van der Waals surface area contributed by atoms with E-state index in [1.165, 1.54) is 12.8 Å². The topological polar surface area (TPSA) is 36.3 Å². The molecule has 0 unspecified atom stereocenters. The highest BCUT2D eigenvalue weighted by atomic mass is 16.5. The predicted octanol–water partition coefficient (Wildman–Crippen LogP) is 1.49. The number of hydrogen-bond acceptors (Lipinski definition) is 2. The number of likely N-dealkylation sites (tertiary alicyclic amines) is 1. The first kappa shape index (κ1) is 9.52. The van der Waals surface area contributed by atoms with Crippen LogP contribution >= 0.6 is 0 Å². The Morgan fingerprint density at radius 3 is 2.67 bits per heavy atom. The molecule has 1 N–H and O–H groups in total. The summed E-state index contributed by atoms with van der Waals surface area (Å²) in [6.45, 7) is 5.45. The van der Waals surface area contributed by atoms with E-state index in [0.29, 0.717) is 12.4 Å². The van der Waals surface area contributed by atoms with Crippen molar-refractivity contribution in [3.63, 3.8) is 0 Å². The van der Waals surface area contributed by atoms with Gasteiger partial charge in [-0.05, 0) is 19.3 Å². The highest BCUT2D eigenvalue weighted by Gasteiger charge is 2.14. The summed E-state index contributed by atoms with van der Waals surface area (Å²) >= 11 is 0. The standard InChI is InChI=1S/C9H18N2O/c1-2-7-12-8-9(10)11-5-3-4-6-11/h10H,2-8H2,1H3. The second kappa shape index (κ2) is 5.14. The minimum atomic E-state index is 0.494. The van der Waals surface area contributed by atoms with Crippen LogP contribution in [0.1, 0.15) is 26.2 Å². The first-order chi connectivity index (χ1) is 5.84. The van der Waals surface area contributed by atoms with E-state index >= 15 is 0 Å². The van der Waals surface area contributed by atoms with Crippen LogP contribution in [0.2, 0.25) is 0 Å². The number of nitrogens with one attached hydrogen (secondary N) is 1. The Balaban J connectivity index is 2.10. The third-order valence-corrected chi connectivity index (χ3v) is 2.08. The molecule has 0 aliphatic carbocycles. The van der Waals surface area contributed by atoms with Crippen LogP contribution < -0.4 is 0 Å². The molecule has 12 heavy (non-hydrogen) atoms. The van der Waals surface area contributed by atoms with Crippen molar-refractivity contribution in [2.45, 2.75) is 26.2 Å². The molecular weight excluding hydrogens is 152 g/mol. The molecule has 0 aromatic heterocycles. The molecule has 1 fully saturated rings. The van der Waals surface area contributed by atoms with Crippen molar-refractivity contribution in [2.24, 2.45) is 0 Å². The molecule has 3 heteroatoms. The van der Waals surface area contributed by atoms with E-state index in [1.54, 1.807) is 0 Å². The molecule has 1 aliphatic heterocycles. The van der Waals surface area contributed by atoms with Crippen molar-refractivity contribution in [3.8, 4) is 0 Å². The van der Waals surface area contributed by atoms with Crippen LogP contribution in [0.4, 0.5) is 0 Å². The average Bonchev–Trinajstić information content (AvgIpc) is 2.56. The zero-order valence-corrected chi connectivity index (χ0v) is 7.81. The fourth-order valence-corrected chi connectivity index (χ4v) is 1.39. The Morgan fingerprint density at radius 1 is 1.42 bits per heavy atom. The number of ether oxygens (including phenoxy) is 1. The molecule has 0 atom stereocenters. The van der Waals surface area contributed by atoms with Crippen LogP contribution in [-0.2, 0) is 4.74 Å². The Morgan fingerprint density at radius 2 is 2.08 bits per heavy atom. The summed E-state index contributed by atoms with van der Waals surface area (Å²) in [6.07, 6.45) is 3.50. The molecule has 0 aromatic rings. The molecule has 0 saturated carbocycles. The smallest absolute Gasteiger partial charge is 0.122 e. The minimum Gasteiger partial charge on any atom is -0.374 e. The van der Waals surface area contributed by atoms with Gasteiger partial charge in [0.1, 0.15) is 12.4 Å². The van der Waals surface area contributed by atoms with Gasteiger partial charge in [-0.3, -0.25) is 5.41 Å². The van der Waals surface area contributed by atoms with E-state index in [-0.39, 0.29) is 0 Å². The lowest BCUT2D eigenvalue weighted by molar-refractivity contribution is 0.164. The van der Waals surface area contributed by atoms with Gasteiger partial charge in [0, 0.05) is 19.7 Å². The maximum atomic E-state index is 7.67. The van der Waals surface area contributed by atoms with Gasteiger partial charge >= 0.3 is 0 Å². The molecule has 1 saturated heterocycles. The van der Waals surface area contributed by atoms with Gasteiger partial charge in [-0.25, -0.2) is 0 Å². The molecule has 0 amide bonds. The largest absolute Gasteiger partial charge is 0.374 e. The lowest BCUT2D eigenvalue weighted by Gasteiger charge is -2.17. The van der Waals surface area contributed by atoms with Crippen LogP contribution in [0, 0.1) is 5.41 Å². The highest BCUT2D eigenvalue weighted by Crippen LogP contribution is 2.07. The summed E-state index contributed by atoms with van der Waals surface area (Å²) in [5.41, 5.74) is 0. The Hall–Kier alpha value is -0.570. The molecule has 1 heterocycles. The average molecular weight is 170 g/mol. The minimum absolute atomic E-state index is 0.494. The zero-order valence-electron chi connectivity index (χ0n) is 7.81. The van der Waals surface area contributed by atoms with Crippen molar-refractivity contribution >= 4 is 5.84 Å². The lowest BCUT2D eigenvalue weighted by atomic mass is 10.4. The zero-order chi connectivity index (χ0) is 8.81. The van der Waals surface area contributed by atoms with Crippen LogP contribution in [0.5, 0.6) is 0 Å². The third-order valence-electron chi connectivity index (χ3n) is 2.08. The number of rotatable bonds is 4. The number of nitrogens with zero attached hydrogens (tertiary/aromatic N) is 1. The Kier molecular flexibility index (Phi) is 4.08. The van der Waals surface area contributed by atoms with Crippen LogP contribution in [0.3, 0.4) is 0 Å². The van der Waals surface area contributed by atoms with E-state index in [0.717, 1.165) is 26.1 Å². The van der Waals surface area contributed by atoms with Gasteiger partial charge in [0.2, 0.25) is 0 Å². The summed E-state index contributed by atoms with van der Waals surface area (Å²) in [5.74, 6) is 0.654. The molecule has 1 aliphatic rings. The van der Waals surface area contributed by atoms with Gasteiger partial charge in [-0.1, -0.05) is 6.92 Å². The second-order valence-electron chi connectivity index (χ2n) is 3.19. The van der Waals surface area contributed by atoms with Crippen molar-refractivity contribution in [3.05, 3.63) is 0 Å². The molecular formula is C9H18N2O. The maximum absolute atomic E-state index is 7.67. The Labute approximate surface area is 74.2 Å². The van der Waals surface area contributed by atoms with Gasteiger partial charge in [-0.15, -0.1) is 0 Å².